The summed E-state index contributed by atoms with van der Waals surface area (Å²) in [4.78, 5) is 15.6. The van der Waals surface area contributed by atoms with Crippen molar-refractivity contribution in [3.63, 3.8) is 0 Å². The van der Waals surface area contributed by atoms with E-state index in [-0.39, 0.29) is 0 Å². The molecule has 9 aromatic rings. The first-order chi connectivity index (χ1) is 21.3. The topological polar surface area (TPSA) is 52.9 Å². The van der Waals surface area contributed by atoms with Crippen LogP contribution >= 0.6 is 0 Å². The standard InChI is InChI=1S/C37H24N6/c1-4-14-25(15-5-1)30-24-31(26-16-6-2-7-17-26)39-36(38-30)42-32-22-12-10-20-28(32)34-35(42)43-33-23-13-11-21-29(33)40-37(43)41(34)27-18-8-3-9-19-27/h1-24H. The lowest BCUT2D eigenvalue weighted by Crippen LogP contribution is -2.05. The molecule has 0 amide bonds. The lowest BCUT2D eigenvalue weighted by atomic mass is 10.1. The summed E-state index contributed by atoms with van der Waals surface area (Å²) < 4.78 is 6.70. The Morgan fingerprint density at radius 1 is 0.465 bits per heavy atom. The lowest BCUT2D eigenvalue weighted by Gasteiger charge is -2.11. The summed E-state index contributed by atoms with van der Waals surface area (Å²) in [7, 11) is 0. The molecule has 0 unspecified atom stereocenters. The molecule has 0 aliphatic carbocycles. The van der Waals surface area contributed by atoms with E-state index < -0.39 is 0 Å². The van der Waals surface area contributed by atoms with Crippen molar-refractivity contribution in [2.75, 3.05) is 0 Å². The molecule has 9 rings (SSSR count). The van der Waals surface area contributed by atoms with Crippen molar-refractivity contribution in [1.29, 1.82) is 0 Å². The third-order valence-corrected chi connectivity index (χ3v) is 8.07. The number of rotatable bonds is 4. The van der Waals surface area contributed by atoms with Crippen LogP contribution in [0.2, 0.25) is 0 Å². The van der Waals surface area contributed by atoms with Gasteiger partial charge >= 0.3 is 0 Å². The Balaban J connectivity index is 1.48. The maximum Gasteiger partial charge on any atom is 0.237 e. The normalized spacial score (nSPS) is 11.7. The van der Waals surface area contributed by atoms with Gasteiger partial charge in [-0.15, -0.1) is 0 Å². The molecule has 0 bridgehead atoms. The predicted molar refractivity (Wildman–Crippen MR) is 173 cm³/mol. The molecule has 0 N–H and O–H groups in total. The highest BCUT2D eigenvalue weighted by Crippen LogP contribution is 2.38. The maximum absolute atomic E-state index is 5.23. The summed E-state index contributed by atoms with van der Waals surface area (Å²) in [5.41, 5.74) is 9.88. The Hall–Kier alpha value is -6.01. The van der Waals surface area contributed by atoms with Crippen LogP contribution in [0.25, 0.3) is 73.0 Å². The minimum Gasteiger partial charge on any atom is -0.276 e. The molecule has 0 radical (unpaired) electrons. The van der Waals surface area contributed by atoms with Crippen molar-refractivity contribution in [3.8, 4) is 34.2 Å². The highest BCUT2D eigenvalue weighted by molar-refractivity contribution is 6.10. The van der Waals surface area contributed by atoms with Gasteiger partial charge in [0.15, 0.2) is 5.65 Å². The van der Waals surface area contributed by atoms with Crippen LogP contribution in [0.3, 0.4) is 0 Å². The number of hydrogen-bond acceptors (Lipinski definition) is 3. The summed E-state index contributed by atoms with van der Waals surface area (Å²) in [5.74, 6) is 1.45. The molecule has 0 atom stereocenters. The van der Waals surface area contributed by atoms with Crippen molar-refractivity contribution < 1.29 is 0 Å². The van der Waals surface area contributed by atoms with E-state index in [0.29, 0.717) is 5.95 Å². The van der Waals surface area contributed by atoms with Gasteiger partial charge in [0.1, 0.15) is 5.52 Å². The van der Waals surface area contributed by atoms with Gasteiger partial charge in [-0.3, -0.25) is 13.5 Å². The molecule has 4 aromatic heterocycles. The van der Waals surface area contributed by atoms with E-state index in [1.54, 1.807) is 0 Å². The molecule has 4 heterocycles. The van der Waals surface area contributed by atoms with E-state index >= 15 is 0 Å². The maximum atomic E-state index is 5.23. The van der Waals surface area contributed by atoms with Gasteiger partial charge in [0.25, 0.3) is 0 Å². The molecule has 0 saturated carbocycles. The van der Waals surface area contributed by atoms with Gasteiger partial charge in [-0.25, -0.2) is 15.0 Å². The minimum absolute atomic E-state index is 0.608. The Labute approximate surface area is 246 Å². The fourth-order valence-corrected chi connectivity index (χ4v) is 6.18. The summed E-state index contributed by atoms with van der Waals surface area (Å²) in [6.45, 7) is 0. The molecule has 0 spiro atoms. The summed E-state index contributed by atoms with van der Waals surface area (Å²) in [6, 6.07) is 49.9. The molecule has 43 heavy (non-hydrogen) atoms. The van der Waals surface area contributed by atoms with Crippen LogP contribution in [0, 0.1) is 0 Å². The smallest absolute Gasteiger partial charge is 0.237 e. The van der Waals surface area contributed by atoms with Gasteiger partial charge in [-0.1, -0.05) is 109 Å². The first-order valence-electron chi connectivity index (χ1n) is 14.3. The molecule has 6 heteroatoms. The zero-order chi connectivity index (χ0) is 28.3. The van der Waals surface area contributed by atoms with E-state index in [1.165, 1.54) is 0 Å². The molecule has 0 aliphatic heterocycles. The van der Waals surface area contributed by atoms with Gasteiger partial charge in [-0.2, -0.15) is 0 Å². The molecule has 5 aromatic carbocycles. The largest absolute Gasteiger partial charge is 0.276 e. The Morgan fingerprint density at radius 2 is 1.02 bits per heavy atom. The average Bonchev–Trinajstić information content (AvgIpc) is 3.72. The summed E-state index contributed by atoms with van der Waals surface area (Å²) >= 11 is 0. The lowest BCUT2D eigenvalue weighted by molar-refractivity contribution is 0.977. The SMILES string of the molecule is c1ccc(-c2cc(-c3ccccc3)nc(-n3c4ccccc4c4c3n3c5ccccc5nc3n4-c3ccccc3)n2)cc1. The number of fused-ring (bicyclic) bond motifs is 7. The van der Waals surface area contributed by atoms with Crippen LogP contribution in [0.15, 0.2) is 146 Å². The monoisotopic (exact) mass is 552 g/mol. The average molecular weight is 553 g/mol. The van der Waals surface area contributed by atoms with Crippen LogP contribution in [-0.4, -0.2) is 28.5 Å². The van der Waals surface area contributed by atoms with Gasteiger partial charge < -0.3 is 0 Å². The number of benzene rings is 5. The van der Waals surface area contributed by atoms with Gasteiger partial charge in [0.05, 0.1) is 27.9 Å². The van der Waals surface area contributed by atoms with Crippen LogP contribution < -0.4 is 0 Å². The second kappa shape index (κ2) is 9.26. The molecule has 202 valence electrons. The molecular weight excluding hydrogens is 528 g/mol. The molecule has 0 aliphatic rings. The fourth-order valence-electron chi connectivity index (χ4n) is 6.18. The van der Waals surface area contributed by atoms with E-state index in [4.69, 9.17) is 15.0 Å². The number of aromatic nitrogens is 6. The van der Waals surface area contributed by atoms with Crippen molar-refractivity contribution >= 4 is 38.9 Å². The zero-order valence-corrected chi connectivity index (χ0v) is 23.0. The molecular formula is C37H24N6. The third kappa shape index (κ3) is 3.57. The third-order valence-electron chi connectivity index (χ3n) is 8.07. The predicted octanol–water partition coefficient (Wildman–Crippen LogP) is 8.50. The number of para-hydroxylation sites is 4. The Morgan fingerprint density at radius 3 is 1.70 bits per heavy atom. The van der Waals surface area contributed by atoms with E-state index in [9.17, 15) is 0 Å². The second-order valence-corrected chi connectivity index (χ2v) is 10.6. The highest BCUT2D eigenvalue weighted by Gasteiger charge is 2.26. The Kier molecular flexibility index (Phi) is 5.10. The molecule has 0 fully saturated rings. The quantitative estimate of drug-likeness (QED) is 0.220. The zero-order valence-electron chi connectivity index (χ0n) is 23.0. The number of hydrogen-bond donors (Lipinski definition) is 0. The summed E-state index contributed by atoms with van der Waals surface area (Å²) in [5, 5.41) is 1.10. The number of imidazole rings is 2. The minimum atomic E-state index is 0.608. The van der Waals surface area contributed by atoms with Gasteiger partial charge in [0, 0.05) is 22.2 Å². The van der Waals surface area contributed by atoms with Crippen LogP contribution in [-0.2, 0) is 0 Å². The fraction of sp³-hybridized carbons (Fsp3) is 0. The van der Waals surface area contributed by atoms with Gasteiger partial charge in [-0.05, 0) is 36.4 Å². The van der Waals surface area contributed by atoms with E-state index in [0.717, 1.165) is 67.1 Å². The van der Waals surface area contributed by atoms with E-state index in [1.807, 2.05) is 48.5 Å². The van der Waals surface area contributed by atoms with Crippen molar-refractivity contribution in [1.82, 2.24) is 28.5 Å². The van der Waals surface area contributed by atoms with Crippen molar-refractivity contribution in [3.05, 3.63) is 146 Å². The molecule has 0 saturated heterocycles. The van der Waals surface area contributed by atoms with Crippen LogP contribution in [0.5, 0.6) is 0 Å². The van der Waals surface area contributed by atoms with Crippen LogP contribution in [0.4, 0.5) is 0 Å². The first-order valence-corrected chi connectivity index (χ1v) is 14.3. The molecule has 6 nitrogen and oxygen atoms in total. The number of nitrogens with zero attached hydrogens (tertiary/aromatic N) is 6. The van der Waals surface area contributed by atoms with Crippen LogP contribution in [0.1, 0.15) is 0 Å². The van der Waals surface area contributed by atoms with Gasteiger partial charge in [0.2, 0.25) is 11.7 Å². The van der Waals surface area contributed by atoms with Crippen molar-refractivity contribution in [2.45, 2.75) is 0 Å². The Bertz CT molecular complexity index is 2380. The van der Waals surface area contributed by atoms with E-state index in [2.05, 4.69) is 111 Å². The second-order valence-electron chi connectivity index (χ2n) is 10.6. The van der Waals surface area contributed by atoms with Crippen molar-refractivity contribution in [2.24, 2.45) is 0 Å². The highest BCUT2D eigenvalue weighted by atomic mass is 15.3. The first kappa shape index (κ1) is 23.7. The summed E-state index contributed by atoms with van der Waals surface area (Å²) in [6.07, 6.45) is 0.